The van der Waals surface area contributed by atoms with Gasteiger partial charge in [-0.3, -0.25) is 4.79 Å². The van der Waals surface area contributed by atoms with Crippen LogP contribution in [0.5, 0.6) is 11.5 Å². The van der Waals surface area contributed by atoms with E-state index in [4.69, 9.17) is 9.47 Å². The molecule has 3 aromatic carbocycles. The highest BCUT2D eigenvalue weighted by Crippen LogP contribution is 2.26. The SMILES string of the molecule is CC(Nc1ccc(Oc2ccccc2C#N)cc1)C(=O)Nc1ccc(N2CCOCC2)cc1. The molecular weight excluding hydrogens is 416 g/mol. The molecule has 1 amide bonds. The number of rotatable bonds is 7. The zero-order valence-corrected chi connectivity index (χ0v) is 18.5. The van der Waals surface area contributed by atoms with E-state index in [9.17, 15) is 10.1 Å². The van der Waals surface area contributed by atoms with Crippen LogP contribution in [0.1, 0.15) is 12.5 Å². The highest BCUT2D eigenvalue weighted by Gasteiger charge is 2.14. The Bertz CT molecular complexity index is 1120. The van der Waals surface area contributed by atoms with Gasteiger partial charge in [-0.1, -0.05) is 12.1 Å². The van der Waals surface area contributed by atoms with E-state index in [0.29, 0.717) is 17.1 Å². The third-order valence-electron chi connectivity index (χ3n) is 5.38. The molecule has 1 heterocycles. The molecule has 1 fully saturated rings. The van der Waals surface area contributed by atoms with Gasteiger partial charge in [0.2, 0.25) is 5.91 Å². The van der Waals surface area contributed by atoms with E-state index in [-0.39, 0.29) is 5.91 Å². The van der Waals surface area contributed by atoms with Crippen molar-refractivity contribution in [1.29, 1.82) is 5.26 Å². The van der Waals surface area contributed by atoms with E-state index in [1.165, 1.54) is 0 Å². The lowest BCUT2D eigenvalue weighted by Crippen LogP contribution is -2.36. The van der Waals surface area contributed by atoms with Gasteiger partial charge in [0.25, 0.3) is 0 Å². The number of morpholine rings is 1. The van der Waals surface area contributed by atoms with Gasteiger partial charge in [0.1, 0.15) is 23.6 Å². The Balaban J connectivity index is 1.31. The molecule has 3 aromatic rings. The summed E-state index contributed by atoms with van der Waals surface area (Å²) in [4.78, 5) is 14.9. The second kappa shape index (κ2) is 10.5. The van der Waals surface area contributed by atoms with Crippen molar-refractivity contribution in [2.45, 2.75) is 13.0 Å². The molecule has 1 atom stereocenters. The fourth-order valence-electron chi connectivity index (χ4n) is 3.54. The van der Waals surface area contributed by atoms with Crippen LogP contribution in [0, 0.1) is 11.3 Å². The number of hydrogen-bond acceptors (Lipinski definition) is 6. The van der Waals surface area contributed by atoms with Gasteiger partial charge in [-0.25, -0.2) is 0 Å². The maximum absolute atomic E-state index is 12.6. The minimum atomic E-state index is -0.435. The first kappa shape index (κ1) is 22.2. The van der Waals surface area contributed by atoms with Crippen molar-refractivity contribution in [3.05, 3.63) is 78.4 Å². The molecule has 0 aliphatic carbocycles. The summed E-state index contributed by atoms with van der Waals surface area (Å²) in [6, 6.07) is 23.9. The van der Waals surface area contributed by atoms with Gasteiger partial charge >= 0.3 is 0 Å². The predicted molar refractivity (Wildman–Crippen MR) is 129 cm³/mol. The number of ether oxygens (including phenoxy) is 2. The fraction of sp³-hybridized carbons (Fsp3) is 0.231. The zero-order chi connectivity index (χ0) is 23.0. The van der Waals surface area contributed by atoms with Crippen molar-refractivity contribution in [2.24, 2.45) is 0 Å². The molecular formula is C26H26N4O3. The summed E-state index contributed by atoms with van der Waals surface area (Å²) in [5, 5.41) is 15.3. The van der Waals surface area contributed by atoms with Crippen LogP contribution in [0.15, 0.2) is 72.8 Å². The Hall–Kier alpha value is -4.02. The van der Waals surface area contributed by atoms with Gasteiger partial charge in [0.05, 0.1) is 18.8 Å². The maximum Gasteiger partial charge on any atom is 0.246 e. The monoisotopic (exact) mass is 442 g/mol. The predicted octanol–water partition coefficient (Wildman–Crippen LogP) is 4.63. The Morgan fingerprint density at radius 2 is 1.67 bits per heavy atom. The van der Waals surface area contributed by atoms with Crippen LogP contribution in [0.2, 0.25) is 0 Å². The van der Waals surface area contributed by atoms with Crippen molar-refractivity contribution in [3.8, 4) is 17.6 Å². The van der Waals surface area contributed by atoms with Gasteiger partial charge in [0.15, 0.2) is 0 Å². The maximum atomic E-state index is 12.6. The van der Waals surface area contributed by atoms with Crippen molar-refractivity contribution >= 4 is 23.0 Å². The van der Waals surface area contributed by atoms with Crippen LogP contribution in [-0.2, 0) is 9.53 Å². The molecule has 0 spiro atoms. The lowest BCUT2D eigenvalue weighted by molar-refractivity contribution is -0.116. The first-order valence-electron chi connectivity index (χ1n) is 10.9. The molecule has 7 nitrogen and oxygen atoms in total. The minimum Gasteiger partial charge on any atom is -0.456 e. The van der Waals surface area contributed by atoms with Crippen LogP contribution >= 0.6 is 0 Å². The Morgan fingerprint density at radius 1 is 1.00 bits per heavy atom. The lowest BCUT2D eigenvalue weighted by Gasteiger charge is -2.29. The molecule has 1 saturated heterocycles. The summed E-state index contributed by atoms with van der Waals surface area (Å²) in [5.74, 6) is 0.992. The number of nitriles is 1. The number of hydrogen-bond donors (Lipinski definition) is 2. The smallest absolute Gasteiger partial charge is 0.246 e. The molecule has 0 bridgehead atoms. The highest BCUT2D eigenvalue weighted by atomic mass is 16.5. The van der Waals surface area contributed by atoms with Gasteiger partial charge in [-0.15, -0.1) is 0 Å². The lowest BCUT2D eigenvalue weighted by atomic mass is 10.2. The molecule has 33 heavy (non-hydrogen) atoms. The topological polar surface area (TPSA) is 86.6 Å². The fourth-order valence-corrected chi connectivity index (χ4v) is 3.54. The Kier molecular flexibility index (Phi) is 7.08. The number of carbonyl (C=O) groups excluding carboxylic acids is 1. The van der Waals surface area contributed by atoms with Crippen molar-refractivity contribution in [2.75, 3.05) is 41.8 Å². The number of nitrogens with zero attached hydrogens (tertiary/aromatic N) is 2. The van der Waals surface area contributed by atoms with Crippen LogP contribution in [0.3, 0.4) is 0 Å². The third-order valence-corrected chi connectivity index (χ3v) is 5.38. The molecule has 0 radical (unpaired) electrons. The molecule has 4 rings (SSSR count). The number of carbonyl (C=O) groups is 1. The zero-order valence-electron chi connectivity index (χ0n) is 18.5. The van der Waals surface area contributed by atoms with Crippen LogP contribution < -0.4 is 20.3 Å². The van der Waals surface area contributed by atoms with Gasteiger partial charge in [-0.05, 0) is 67.6 Å². The summed E-state index contributed by atoms with van der Waals surface area (Å²) < 4.78 is 11.2. The molecule has 1 unspecified atom stereocenters. The van der Waals surface area contributed by atoms with E-state index >= 15 is 0 Å². The van der Waals surface area contributed by atoms with E-state index < -0.39 is 6.04 Å². The second-order valence-corrected chi connectivity index (χ2v) is 7.74. The molecule has 2 N–H and O–H groups in total. The average Bonchev–Trinajstić information content (AvgIpc) is 2.86. The quantitative estimate of drug-likeness (QED) is 0.555. The number of para-hydroxylation sites is 1. The normalized spacial score (nSPS) is 14.1. The van der Waals surface area contributed by atoms with Crippen LogP contribution in [-0.4, -0.2) is 38.3 Å². The molecule has 0 saturated carbocycles. The average molecular weight is 443 g/mol. The largest absolute Gasteiger partial charge is 0.456 e. The molecule has 1 aliphatic rings. The first-order chi connectivity index (χ1) is 16.1. The Morgan fingerprint density at radius 3 is 2.36 bits per heavy atom. The highest BCUT2D eigenvalue weighted by molar-refractivity contribution is 5.96. The van der Waals surface area contributed by atoms with E-state index in [0.717, 1.165) is 43.4 Å². The molecule has 168 valence electrons. The number of benzene rings is 3. The van der Waals surface area contributed by atoms with Crippen LogP contribution in [0.25, 0.3) is 0 Å². The number of nitrogens with one attached hydrogen (secondary N) is 2. The Labute approximate surface area is 193 Å². The third kappa shape index (κ3) is 5.82. The summed E-state index contributed by atoms with van der Waals surface area (Å²) in [7, 11) is 0. The summed E-state index contributed by atoms with van der Waals surface area (Å²) >= 11 is 0. The molecule has 1 aliphatic heterocycles. The van der Waals surface area contributed by atoms with Crippen molar-refractivity contribution < 1.29 is 14.3 Å². The minimum absolute atomic E-state index is 0.127. The second-order valence-electron chi connectivity index (χ2n) is 7.74. The number of anilines is 3. The summed E-state index contributed by atoms with van der Waals surface area (Å²) in [5.41, 5.74) is 3.15. The van der Waals surface area contributed by atoms with E-state index in [2.05, 4.69) is 21.6 Å². The van der Waals surface area contributed by atoms with Crippen LogP contribution in [0.4, 0.5) is 17.1 Å². The summed E-state index contributed by atoms with van der Waals surface area (Å²) in [6.45, 7) is 5.04. The number of amides is 1. The van der Waals surface area contributed by atoms with Gasteiger partial charge in [0, 0.05) is 30.2 Å². The molecule has 0 aromatic heterocycles. The van der Waals surface area contributed by atoms with E-state index in [1.54, 1.807) is 30.3 Å². The standard InChI is InChI=1S/C26H26N4O3/c1-19(26(31)29-22-6-10-23(11-7-22)30-14-16-32-17-15-30)28-21-8-12-24(13-9-21)33-25-5-3-2-4-20(25)18-27/h2-13,19,28H,14-17H2,1H3,(H,29,31). The summed E-state index contributed by atoms with van der Waals surface area (Å²) in [6.07, 6.45) is 0. The molecule has 7 heteroatoms. The van der Waals surface area contributed by atoms with Crippen molar-refractivity contribution in [3.63, 3.8) is 0 Å². The first-order valence-corrected chi connectivity index (χ1v) is 10.9. The van der Waals surface area contributed by atoms with Gasteiger partial charge in [-0.2, -0.15) is 5.26 Å². The van der Waals surface area contributed by atoms with Crippen molar-refractivity contribution in [1.82, 2.24) is 0 Å². The van der Waals surface area contributed by atoms with Gasteiger partial charge < -0.3 is 25.0 Å². The van der Waals surface area contributed by atoms with E-state index in [1.807, 2.05) is 49.4 Å².